The Balaban J connectivity index is 1.20. The summed E-state index contributed by atoms with van der Waals surface area (Å²) < 4.78 is 5.55. The number of likely N-dealkylation sites (tertiary alicyclic amines) is 1. The van der Waals surface area contributed by atoms with Crippen LogP contribution in [-0.2, 0) is 16.8 Å². The Morgan fingerprint density at radius 1 is 1.06 bits per heavy atom. The lowest BCUT2D eigenvalue weighted by atomic mass is 9.87. The number of aromatic nitrogens is 2. The largest absolute Gasteiger partial charge is 0.338 e. The second-order valence-electron chi connectivity index (χ2n) is 10.5. The molecular formula is C29H32N4O2. The first-order valence-corrected chi connectivity index (χ1v) is 12.3. The molecule has 2 heterocycles. The molecule has 35 heavy (non-hydrogen) atoms. The van der Waals surface area contributed by atoms with Crippen LogP contribution >= 0.6 is 0 Å². The van der Waals surface area contributed by atoms with Crippen LogP contribution in [0.25, 0.3) is 22.2 Å². The number of hydrogen-bond donors (Lipinski definition) is 1. The van der Waals surface area contributed by atoms with Gasteiger partial charge >= 0.3 is 0 Å². The van der Waals surface area contributed by atoms with Crippen molar-refractivity contribution in [3.8, 4) is 11.4 Å². The minimum Gasteiger partial charge on any atom is -0.338 e. The topological polar surface area (TPSA) is 71.3 Å². The van der Waals surface area contributed by atoms with Gasteiger partial charge in [-0.2, -0.15) is 4.98 Å². The van der Waals surface area contributed by atoms with Crippen molar-refractivity contribution < 1.29 is 9.32 Å². The number of piperidine rings is 1. The number of fused-ring (bicyclic) bond motifs is 1. The molecule has 1 amide bonds. The van der Waals surface area contributed by atoms with Gasteiger partial charge in [0.15, 0.2) is 0 Å². The molecule has 0 aliphatic carbocycles. The number of benzene rings is 3. The minimum absolute atomic E-state index is 0.0649. The highest BCUT2D eigenvalue weighted by molar-refractivity contribution is 5.95. The van der Waals surface area contributed by atoms with E-state index < -0.39 is 0 Å². The molecule has 1 fully saturated rings. The molecule has 4 aromatic rings. The summed E-state index contributed by atoms with van der Waals surface area (Å²) >= 11 is 0. The third-order valence-corrected chi connectivity index (χ3v) is 6.73. The number of nitrogens with one attached hydrogen (secondary N) is 1. The molecule has 1 aromatic heterocycles. The molecule has 6 heteroatoms. The van der Waals surface area contributed by atoms with Gasteiger partial charge in [0.1, 0.15) is 0 Å². The van der Waals surface area contributed by atoms with Crippen LogP contribution in [0.5, 0.6) is 0 Å². The number of amides is 1. The van der Waals surface area contributed by atoms with Gasteiger partial charge in [0.2, 0.25) is 17.6 Å². The molecule has 1 aliphatic heterocycles. The van der Waals surface area contributed by atoms with E-state index in [1.54, 1.807) is 0 Å². The second kappa shape index (κ2) is 9.62. The average molecular weight is 469 g/mol. The Kier molecular flexibility index (Phi) is 6.39. The van der Waals surface area contributed by atoms with Gasteiger partial charge in [0, 0.05) is 17.8 Å². The first-order chi connectivity index (χ1) is 16.8. The maximum Gasteiger partial charge on any atom is 0.241 e. The van der Waals surface area contributed by atoms with E-state index in [-0.39, 0.29) is 17.2 Å². The van der Waals surface area contributed by atoms with Crippen LogP contribution in [0.1, 0.15) is 45.1 Å². The van der Waals surface area contributed by atoms with E-state index in [0.29, 0.717) is 24.8 Å². The van der Waals surface area contributed by atoms with Crippen molar-refractivity contribution in [2.75, 3.05) is 18.4 Å². The number of anilines is 1. The SMILES string of the molecule is CC(C)(C)c1ccc(-c2noc(CN3CCCC(C(=O)Nc4ccc5ccccc5c4)C3)n2)cc1. The molecule has 0 bridgehead atoms. The van der Waals surface area contributed by atoms with Crippen LogP contribution in [0.3, 0.4) is 0 Å². The summed E-state index contributed by atoms with van der Waals surface area (Å²) in [4.78, 5) is 19.8. The molecule has 1 unspecified atom stereocenters. The Morgan fingerprint density at radius 3 is 2.60 bits per heavy atom. The molecule has 3 aromatic carbocycles. The lowest BCUT2D eigenvalue weighted by Gasteiger charge is -2.30. The molecule has 1 saturated heterocycles. The summed E-state index contributed by atoms with van der Waals surface area (Å²) in [6.07, 6.45) is 1.84. The molecule has 0 spiro atoms. The van der Waals surface area contributed by atoms with Gasteiger partial charge in [-0.1, -0.05) is 80.5 Å². The molecule has 6 nitrogen and oxygen atoms in total. The summed E-state index contributed by atoms with van der Waals surface area (Å²) in [5, 5.41) is 9.58. The third-order valence-electron chi connectivity index (χ3n) is 6.73. The van der Waals surface area contributed by atoms with Crippen molar-refractivity contribution in [2.45, 2.75) is 45.6 Å². The smallest absolute Gasteiger partial charge is 0.241 e. The molecule has 1 atom stereocenters. The van der Waals surface area contributed by atoms with E-state index in [9.17, 15) is 4.79 Å². The fourth-order valence-corrected chi connectivity index (χ4v) is 4.67. The lowest BCUT2D eigenvalue weighted by molar-refractivity contribution is -0.121. The zero-order valence-corrected chi connectivity index (χ0v) is 20.6. The third kappa shape index (κ3) is 5.43. The van der Waals surface area contributed by atoms with Crippen molar-refractivity contribution in [1.82, 2.24) is 15.0 Å². The molecule has 0 saturated carbocycles. The van der Waals surface area contributed by atoms with Gasteiger partial charge in [-0.15, -0.1) is 0 Å². The van der Waals surface area contributed by atoms with E-state index in [4.69, 9.17) is 4.52 Å². The first kappa shape index (κ1) is 23.2. The first-order valence-electron chi connectivity index (χ1n) is 12.3. The van der Waals surface area contributed by atoms with Crippen molar-refractivity contribution in [3.63, 3.8) is 0 Å². The van der Waals surface area contributed by atoms with Gasteiger partial charge in [-0.3, -0.25) is 9.69 Å². The van der Waals surface area contributed by atoms with Crippen molar-refractivity contribution in [3.05, 3.63) is 78.2 Å². The van der Waals surface area contributed by atoms with Crippen LogP contribution in [0.15, 0.2) is 71.3 Å². The quantitative estimate of drug-likeness (QED) is 0.387. The van der Waals surface area contributed by atoms with Crippen LogP contribution in [0.2, 0.25) is 0 Å². The van der Waals surface area contributed by atoms with E-state index in [0.717, 1.165) is 36.0 Å². The van der Waals surface area contributed by atoms with Crippen molar-refractivity contribution >= 4 is 22.4 Å². The molecule has 5 rings (SSSR count). The Hall–Kier alpha value is -3.51. The molecular weight excluding hydrogens is 436 g/mol. The Labute approximate surface area is 206 Å². The highest BCUT2D eigenvalue weighted by Gasteiger charge is 2.27. The maximum atomic E-state index is 13.0. The van der Waals surface area contributed by atoms with Gasteiger partial charge in [-0.05, 0) is 53.3 Å². The van der Waals surface area contributed by atoms with Gasteiger partial charge in [0.05, 0.1) is 12.5 Å². The Morgan fingerprint density at radius 2 is 1.83 bits per heavy atom. The predicted octanol–water partition coefficient (Wildman–Crippen LogP) is 6.04. The van der Waals surface area contributed by atoms with Gasteiger partial charge in [0.25, 0.3) is 0 Å². The van der Waals surface area contributed by atoms with E-state index >= 15 is 0 Å². The summed E-state index contributed by atoms with van der Waals surface area (Å²) in [7, 11) is 0. The summed E-state index contributed by atoms with van der Waals surface area (Å²) in [5.74, 6) is 1.18. The molecule has 180 valence electrons. The number of hydrogen-bond acceptors (Lipinski definition) is 5. The molecule has 0 radical (unpaired) electrons. The number of carbonyl (C=O) groups is 1. The molecule has 1 N–H and O–H groups in total. The van der Waals surface area contributed by atoms with Gasteiger partial charge in [-0.25, -0.2) is 0 Å². The van der Waals surface area contributed by atoms with Gasteiger partial charge < -0.3 is 9.84 Å². The zero-order chi connectivity index (χ0) is 24.4. The van der Waals surface area contributed by atoms with Crippen molar-refractivity contribution in [1.29, 1.82) is 0 Å². The van der Waals surface area contributed by atoms with Crippen LogP contribution in [-0.4, -0.2) is 34.0 Å². The fraction of sp³-hybridized carbons (Fsp3) is 0.345. The van der Waals surface area contributed by atoms with Crippen LogP contribution in [0, 0.1) is 5.92 Å². The highest BCUT2D eigenvalue weighted by Crippen LogP contribution is 2.26. The van der Waals surface area contributed by atoms with Crippen LogP contribution in [0.4, 0.5) is 5.69 Å². The number of nitrogens with zero attached hydrogens (tertiary/aromatic N) is 3. The fourth-order valence-electron chi connectivity index (χ4n) is 4.67. The summed E-state index contributed by atoms with van der Waals surface area (Å²) in [6.45, 7) is 8.73. The minimum atomic E-state index is -0.0671. The normalized spacial score (nSPS) is 16.9. The number of rotatable bonds is 5. The van der Waals surface area contributed by atoms with Crippen LogP contribution < -0.4 is 5.32 Å². The van der Waals surface area contributed by atoms with E-state index in [2.05, 4.69) is 65.4 Å². The average Bonchev–Trinajstić information content (AvgIpc) is 3.32. The highest BCUT2D eigenvalue weighted by atomic mass is 16.5. The molecule has 1 aliphatic rings. The predicted molar refractivity (Wildman–Crippen MR) is 139 cm³/mol. The lowest BCUT2D eigenvalue weighted by Crippen LogP contribution is -2.40. The maximum absolute atomic E-state index is 13.0. The van der Waals surface area contributed by atoms with E-state index in [1.165, 1.54) is 10.9 Å². The monoisotopic (exact) mass is 468 g/mol. The Bertz CT molecular complexity index is 1320. The zero-order valence-electron chi connectivity index (χ0n) is 20.6. The van der Waals surface area contributed by atoms with E-state index in [1.807, 2.05) is 42.5 Å². The summed E-state index contributed by atoms with van der Waals surface area (Å²) in [5.41, 5.74) is 3.15. The summed E-state index contributed by atoms with van der Waals surface area (Å²) in [6, 6.07) is 22.5. The standard InChI is InChI=1S/C29H32N4O2/c1-29(2,3)24-13-10-21(11-14-24)27-31-26(35-32-27)19-33-16-6-9-23(18-33)28(34)30-25-15-12-20-7-4-5-8-22(20)17-25/h4-5,7-8,10-15,17,23H,6,9,16,18-19H2,1-3H3,(H,30,34). The second-order valence-corrected chi connectivity index (χ2v) is 10.5. The van der Waals surface area contributed by atoms with Crippen molar-refractivity contribution in [2.24, 2.45) is 5.92 Å². The number of carbonyl (C=O) groups excluding carboxylic acids is 1.